The van der Waals surface area contributed by atoms with Gasteiger partial charge in [-0.1, -0.05) is 0 Å². The van der Waals surface area contributed by atoms with Crippen LogP contribution in [0.1, 0.15) is 17.3 Å². The maximum atomic E-state index is 12.9. The van der Waals surface area contributed by atoms with Gasteiger partial charge in [0.05, 0.1) is 14.2 Å². The van der Waals surface area contributed by atoms with Crippen molar-refractivity contribution in [2.45, 2.75) is 13.0 Å². The van der Waals surface area contributed by atoms with Crippen LogP contribution in [0.4, 0.5) is 4.39 Å². The van der Waals surface area contributed by atoms with Gasteiger partial charge in [0.1, 0.15) is 11.6 Å². The zero-order valence-electron chi connectivity index (χ0n) is 17.1. The lowest BCUT2D eigenvalue weighted by molar-refractivity contribution is -0.128. The highest BCUT2D eigenvalue weighted by Gasteiger charge is 2.20. The van der Waals surface area contributed by atoms with Gasteiger partial charge in [0.15, 0.2) is 24.2 Å². The fourth-order valence-corrected chi connectivity index (χ4v) is 2.36. The Kier molecular flexibility index (Phi) is 8.01. The van der Waals surface area contributed by atoms with E-state index in [9.17, 15) is 18.8 Å². The Balaban J connectivity index is 2.04. The minimum absolute atomic E-state index is 0.0764. The number of rotatable bonds is 9. The van der Waals surface area contributed by atoms with Gasteiger partial charge >= 0.3 is 0 Å². The van der Waals surface area contributed by atoms with Crippen LogP contribution in [0.3, 0.4) is 0 Å². The van der Waals surface area contributed by atoms with Crippen molar-refractivity contribution < 1.29 is 37.7 Å². The molecule has 11 heteroatoms. The summed E-state index contributed by atoms with van der Waals surface area (Å²) in [5.41, 5.74) is 9.62. The largest absolute Gasteiger partial charge is 0.493 e. The standard InChI is InChI=1S/C20H22FN3O7/c1-11(31-14-6-4-13(21)5-7-14)19(26)23-24-20(27)12-8-15(28-2)18(16(9-12)29-3)30-10-17(22)25/h4-9,11H,10H2,1-3H3,(H2,22,25)(H,23,26)(H,24,27). The highest BCUT2D eigenvalue weighted by molar-refractivity contribution is 5.97. The molecule has 0 saturated heterocycles. The molecule has 0 saturated carbocycles. The van der Waals surface area contributed by atoms with Gasteiger partial charge in [0, 0.05) is 5.56 Å². The van der Waals surface area contributed by atoms with Crippen molar-refractivity contribution in [3.05, 3.63) is 47.8 Å². The van der Waals surface area contributed by atoms with Crippen molar-refractivity contribution >= 4 is 17.7 Å². The fraction of sp³-hybridized carbons (Fsp3) is 0.250. The monoisotopic (exact) mass is 435 g/mol. The molecule has 166 valence electrons. The van der Waals surface area contributed by atoms with Gasteiger partial charge < -0.3 is 24.7 Å². The average Bonchev–Trinajstić information content (AvgIpc) is 2.76. The second-order valence-corrected chi connectivity index (χ2v) is 6.12. The first-order valence-corrected chi connectivity index (χ1v) is 8.94. The molecule has 0 bridgehead atoms. The van der Waals surface area contributed by atoms with Crippen molar-refractivity contribution in [2.75, 3.05) is 20.8 Å². The number of primary amides is 1. The van der Waals surface area contributed by atoms with Crippen molar-refractivity contribution in [2.24, 2.45) is 5.73 Å². The lowest BCUT2D eigenvalue weighted by Crippen LogP contribution is -2.47. The minimum Gasteiger partial charge on any atom is -0.493 e. The number of nitrogens with one attached hydrogen (secondary N) is 2. The van der Waals surface area contributed by atoms with Crippen molar-refractivity contribution in [3.63, 3.8) is 0 Å². The van der Waals surface area contributed by atoms with E-state index in [1.165, 1.54) is 57.5 Å². The first-order chi connectivity index (χ1) is 14.7. The number of amides is 3. The average molecular weight is 435 g/mol. The number of ether oxygens (including phenoxy) is 4. The molecule has 0 aromatic heterocycles. The van der Waals surface area contributed by atoms with E-state index in [1.807, 2.05) is 0 Å². The molecule has 4 N–H and O–H groups in total. The molecule has 0 aliphatic heterocycles. The van der Waals surface area contributed by atoms with E-state index in [-0.39, 0.29) is 28.6 Å². The fourth-order valence-electron chi connectivity index (χ4n) is 2.36. The van der Waals surface area contributed by atoms with Crippen molar-refractivity contribution in [1.82, 2.24) is 10.9 Å². The molecule has 31 heavy (non-hydrogen) atoms. The molecule has 0 spiro atoms. The van der Waals surface area contributed by atoms with E-state index in [0.717, 1.165) is 0 Å². The minimum atomic E-state index is -0.973. The smallest absolute Gasteiger partial charge is 0.279 e. The molecule has 0 aliphatic carbocycles. The van der Waals surface area contributed by atoms with Crippen LogP contribution >= 0.6 is 0 Å². The number of benzene rings is 2. The molecule has 3 amide bonds. The zero-order valence-corrected chi connectivity index (χ0v) is 17.1. The van der Waals surface area contributed by atoms with E-state index in [0.29, 0.717) is 0 Å². The number of nitrogens with two attached hydrogens (primary N) is 1. The van der Waals surface area contributed by atoms with Gasteiger partial charge in [-0.25, -0.2) is 4.39 Å². The van der Waals surface area contributed by atoms with E-state index in [2.05, 4.69) is 10.9 Å². The quantitative estimate of drug-likeness (QED) is 0.498. The number of hydrogen-bond donors (Lipinski definition) is 3. The van der Waals surface area contributed by atoms with Crippen LogP contribution < -0.4 is 35.5 Å². The van der Waals surface area contributed by atoms with Gasteiger partial charge in [-0.05, 0) is 43.3 Å². The molecule has 0 radical (unpaired) electrons. The van der Waals surface area contributed by atoms with Crippen molar-refractivity contribution in [1.29, 1.82) is 0 Å². The molecule has 0 aliphatic rings. The van der Waals surface area contributed by atoms with E-state index < -0.39 is 36.2 Å². The van der Waals surface area contributed by atoms with Gasteiger partial charge in [0.2, 0.25) is 5.75 Å². The molecule has 0 fully saturated rings. The van der Waals surface area contributed by atoms with Gasteiger partial charge in [0.25, 0.3) is 17.7 Å². The number of halogens is 1. The van der Waals surface area contributed by atoms with Crippen LogP contribution in [0.25, 0.3) is 0 Å². The van der Waals surface area contributed by atoms with Crippen LogP contribution in [0.2, 0.25) is 0 Å². The Labute approximate surface area is 177 Å². The first kappa shape index (κ1) is 23.3. The van der Waals surface area contributed by atoms with E-state index in [4.69, 9.17) is 24.7 Å². The highest BCUT2D eigenvalue weighted by Crippen LogP contribution is 2.38. The molecule has 2 rings (SSSR count). The maximum absolute atomic E-state index is 12.9. The predicted octanol–water partition coefficient (Wildman–Crippen LogP) is 0.935. The summed E-state index contributed by atoms with van der Waals surface area (Å²) < 4.78 is 33.9. The third kappa shape index (κ3) is 6.49. The van der Waals surface area contributed by atoms with Gasteiger partial charge in [-0.2, -0.15) is 0 Å². The molecular weight excluding hydrogens is 413 g/mol. The third-order valence-electron chi connectivity index (χ3n) is 3.88. The van der Waals surface area contributed by atoms with E-state index >= 15 is 0 Å². The SMILES string of the molecule is COc1cc(C(=O)NNC(=O)C(C)Oc2ccc(F)cc2)cc(OC)c1OCC(N)=O. The predicted molar refractivity (Wildman–Crippen MR) is 106 cm³/mol. The molecule has 2 aromatic carbocycles. The normalized spacial score (nSPS) is 11.1. The summed E-state index contributed by atoms with van der Waals surface area (Å²) in [6.07, 6.45) is -0.973. The molecule has 2 aromatic rings. The van der Waals surface area contributed by atoms with Gasteiger partial charge in [-0.3, -0.25) is 25.2 Å². The second kappa shape index (κ2) is 10.7. The van der Waals surface area contributed by atoms with Crippen LogP contribution in [0.5, 0.6) is 23.0 Å². The summed E-state index contributed by atoms with van der Waals surface area (Å²) in [5, 5.41) is 0. The summed E-state index contributed by atoms with van der Waals surface area (Å²) in [7, 11) is 2.67. The molecule has 1 unspecified atom stereocenters. The van der Waals surface area contributed by atoms with Crippen LogP contribution in [-0.4, -0.2) is 44.7 Å². The maximum Gasteiger partial charge on any atom is 0.279 e. The number of carbonyl (C=O) groups is 3. The summed E-state index contributed by atoms with van der Waals surface area (Å²) >= 11 is 0. The third-order valence-corrected chi connectivity index (χ3v) is 3.88. The van der Waals surface area contributed by atoms with Gasteiger partial charge in [-0.15, -0.1) is 0 Å². The topological polar surface area (TPSA) is 138 Å². The Hall–Kier alpha value is -4.02. The number of methoxy groups -OCH3 is 2. The summed E-state index contributed by atoms with van der Waals surface area (Å²) in [4.78, 5) is 35.6. The summed E-state index contributed by atoms with van der Waals surface area (Å²) in [5.74, 6) is -1.85. The molecule has 0 heterocycles. The highest BCUT2D eigenvalue weighted by atomic mass is 19.1. The van der Waals surface area contributed by atoms with E-state index in [1.54, 1.807) is 0 Å². The Morgan fingerprint density at radius 3 is 2.13 bits per heavy atom. The first-order valence-electron chi connectivity index (χ1n) is 8.94. The zero-order chi connectivity index (χ0) is 23.0. The number of hydrazine groups is 1. The molecular formula is C20H22FN3O7. The lowest BCUT2D eigenvalue weighted by atomic mass is 10.1. The Morgan fingerprint density at radius 1 is 1.03 bits per heavy atom. The number of carbonyl (C=O) groups excluding carboxylic acids is 3. The second-order valence-electron chi connectivity index (χ2n) is 6.12. The Morgan fingerprint density at radius 2 is 1.61 bits per heavy atom. The Bertz CT molecular complexity index is 925. The molecule has 10 nitrogen and oxygen atoms in total. The van der Waals surface area contributed by atoms with Crippen LogP contribution in [-0.2, 0) is 9.59 Å². The van der Waals surface area contributed by atoms with Crippen LogP contribution in [0.15, 0.2) is 36.4 Å². The lowest BCUT2D eigenvalue weighted by Gasteiger charge is -2.17. The van der Waals surface area contributed by atoms with Crippen LogP contribution in [0, 0.1) is 5.82 Å². The summed E-state index contributed by atoms with van der Waals surface area (Å²) in [6.45, 7) is 1.04. The molecule has 1 atom stereocenters. The van der Waals surface area contributed by atoms with Crippen molar-refractivity contribution in [3.8, 4) is 23.0 Å². The number of hydrogen-bond acceptors (Lipinski definition) is 7. The summed E-state index contributed by atoms with van der Waals surface area (Å²) in [6, 6.07) is 7.80.